The lowest BCUT2D eigenvalue weighted by molar-refractivity contribution is -0.118. The molecule has 0 spiro atoms. The molecule has 4 aromatic rings. The van der Waals surface area contributed by atoms with E-state index in [1.54, 1.807) is 6.26 Å². The van der Waals surface area contributed by atoms with Gasteiger partial charge in [-0.1, -0.05) is 36.0 Å². The predicted molar refractivity (Wildman–Crippen MR) is 119 cm³/mol. The van der Waals surface area contributed by atoms with Gasteiger partial charge in [0.05, 0.1) is 17.6 Å². The first-order valence-electron chi connectivity index (χ1n) is 10.0. The molecular formula is C23H20N4O4S. The van der Waals surface area contributed by atoms with Crippen LogP contribution < -0.4 is 14.8 Å². The van der Waals surface area contributed by atoms with Crippen molar-refractivity contribution in [1.29, 1.82) is 0 Å². The van der Waals surface area contributed by atoms with E-state index < -0.39 is 0 Å². The maximum atomic E-state index is 12.5. The first-order valence-corrected chi connectivity index (χ1v) is 11.0. The molecule has 1 aliphatic heterocycles. The summed E-state index contributed by atoms with van der Waals surface area (Å²) < 4.78 is 18.1. The second-order valence-electron chi connectivity index (χ2n) is 7.12. The van der Waals surface area contributed by atoms with Gasteiger partial charge >= 0.3 is 0 Å². The van der Waals surface area contributed by atoms with Crippen molar-refractivity contribution in [1.82, 2.24) is 20.1 Å². The van der Waals surface area contributed by atoms with E-state index in [0.717, 1.165) is 28.3 Å². The Hall–Kier alpha value is -3.72. The van der Waals surface area contributed by atoms with E-state index in [0.29, 0.717) is 23.3 Å². The van der Waals surface area contributed by atoms with E-state index in [2.05, 4.69) is 15.5 Å². The fourth-order valence-corrected chi connectivity index (χ4v) is 4.18. The van der Waals surface area contributed by atoms with E-state index in [9.17, 15) is 4.79 Å². The largest absolute Gasteiger partial charge is 0.469 e. The Bertz CT molecular complexity index is 1250. The van der Waals surface area contributed by atoms with Gasteiger partial charge < -0.3 is 19.2 Å². The highest BCUT2D eigenvalue weighted by Crippen LogP contribution is 2.33. The molecule has 8 nitrogen and oxygen atoms in total. The third-order valence-corrected chi connectivity index (χ3v) is 5.94. The van der Waals surface area contributed by atoms with Gasteiger partial charge in [0.25, 0.3) is 0 Å². The summed E-state index contributed by atoms with van der Waals surface area (Å²) >= 11 is 1.33. The number of nitrogens with zero attached hydrogens (tertiary/aromatic N) is 3. The summed E-state index contributed by atoms with van der Waals surface area (Å²) in [7, 11) is 0. The van der Waals surface area contributed by atoms with Crippen LogP contribution in [0, 0.1) is 6.92 Å². The number of fused-ring (bicyclic) bond motifs is 1. The number of aromatic nitrogens is 3. The number of para-hydroxylation sites is 1. The molecule has 1 aliphatic rings. The summed E-state index contributed by atoms with van der Waals surface area (Å²) in [6, 6.07) is 17.3. The van der Waals surface area contributed by atoms with Gasteiger partial charge in [0, 0.05) is 12.2 Å². The van der Waals surface area contributed by atoms with Crippen molar-refractivity contribution in [2.45, 2.75) is 18.6 Å². The van der Waals surface area contributed by atoms with Crippen molar-refractivity contribution in [3.05, 3.63) is 72.2 Å². The lowest BCUT2D eigenvalue weighted by Crippen LogP contribution is -2.24. The van der Waals surface area contributed by atoms with Gasteiger partial charge in [-0.15, -0.1) is 10.2 Å². The van der Waals surface area contributed by atoms with Crippen LogP contribution in [0.5, 0.6) is 11.5 Å². The molecule has 0 atom stereocenters. The number of furan rings is 1. The topological polar surface area (TPSA) is 91.4 Å². The zero-order chi connectivity index (χ0) is 21.9. The van der Waals surface area contributed by atoms with Gasteiger partial charge in [-0.3, -0.25) is 9.36 Å². The Labute approximate surface area is 188 Å². The molecule has 5 rings (SSSR count). The van der Waals surface area contributed by atoms with Crippen LogP contribution in [0.25, 0.3) is 17.1 Å². The Kier molecular flexibility index (Phi) is 5.55. The van der Waals surface area contributed by atoms with Gasteiger partial charge in [0.1, 0.15) is 5.76 Å². The first kappa shape index (κ1) is 20.2. The number of benzene rings is 2. The summed E-state index contributed by atoms with van der Waals surface area (Å²) in [4.78, 5) is 12.5. The molecule has 0 unspecified atom stereocenters. The summed E-state index contributed by atoms with van der Waals surface area (Å²) in [5.41, 5.74) is 2.72. The van der Waals surface area contributed by atoms with Crippen LogP contribution in [0.3, 0.4) is 0 Å². The molecule has 3 heterocycles. The molecule has 2 aromatic carbocycles. The third-order valence-electron chi connectivity index (χ3n) is 5.01. The monoisotopic (exact) mass is 448 g/mol. The summed E-state index contributed by atoms with van der Waals surface area (Å²) in [5.74, 6) is 2.96. The summed E-state index contributed by atoms with van der Waals surface area (Å²) in [6.07, 6.45) is 1.63. The number of carbonyl (C=O) groups excluding carboxylic acids is 1. The molecule has 162 valence electrons. The average Bonchev–Trinajstić information content (AvgIpc) is 3.55. The SMILES string of the molecule is Cc1occc1-c1nnc(SCC(=O)NCc2ccc3c(c2)OCO3)n1-c1ccccc1. The molecular weight excluding hydrogens is 428 g/mol. The Balaban J connectivity index is 1.29. The van der Waals surface area contributed by atoms with E-state index in [4.69, 9.17) is 13.9 Å². The second-order valence-corrected chi connectivity index (χ2v) is 8.06. The lowest BCUT2D eigenvalue weighted by atomic mass is 10.2. The van der Waals surface area contributed by atoms with E-state index in [1.165, 1.54) is 11.8 Å². The minimum Gasteiger partial charge on any atom is -0.469 e. The van der Waals surface area contributed by atoms with Gasteiger partial charge in [0.15, 0.2) is 22.5 Å². The number of carbonyl (C=O) groups is 1. The van der Waals surface area contributed by atoms with Gasteiger partial charge in [-0.25, -0.2) is 0 Å². The fourth-order valence-electron chi connectivity index (χ4n) is 3.40. The Morgan fingerprint density at radius 2 is 1.94 bits per heavy atom. The van der Waals surface area contributed by atoms with Crippen LogP contribution in [-0.2, 0) is 11.3 Å². The number of amides is 1. The molecule has 0 saturated carbocycles. The van der Waals surface area contributed by atoms with Crippen molar-refractivity contribution in [3.63, 3.8) is 0 Å². The Morgan fingerprint density at radius 3 is 2.75 bits per heavy atom. The van der Waals surface area contributed by atoms with Crippen LogP contribution in [0.1, 0.15) is 11.3 Å². The number of thioether (sulfide) groups is 1. The third kappa shape index (κ3) is 4.06. The van der Waals surface area contributed by atoms with Crippen LogP contribution in [0.2, 0.25) is 0 Å². The smallest absolute Gasteiger partial charge is 0.231 e. The van der Waals surface area contributed by atoms with Gasteiger partial charge in [-0.05, 0) is 42.8 Å². The molecule has 0 aliphatic carbocycles. The second kappa shape index (κ2) is 8.80. The summed E-state index contributed by atoms with van der Waals surface area (Å²) in [6.45, 7) is 2.51. The molecule has 2 aromatic heterocycles. The highest BCUT2D eigenvalue weighted by atomic mass is 32.2. The molecule has 0 fully saturated rings. The highest BCUT2D eigenvalue weighted by Gasteiger charge is 2.20. The molecule has 32 heavy (non-hydrogen) atoms. The van der Waals surface area contributed by atoms with Crippen LogP contribution >= 0.6 is 11.8 Å². The number of rotatable bonds is 7. The number of nitrogens with one attached hydrogen (secondary N) is 1. The Morgan fingerprint density at radius 1 is 1.09 bits per heavy atom. The quantitative estimate of drug-likeness (QED) is 0.428. The molecule has 1 amide bonds. The minimum absolute atomic E-state index is 0.101. The standard InChI is InChI=1S/C23H20N4O4S/c1-15-18(9-10-29-15)22-25-26-23(27(22)17-5-3-2-4-6-17)32-13-21(28)24-12-16-7-8-19-20(11-16)31-14-30-19/h2-11H,12-14H2,1H3,(H,24,28). The van der Waals surface area contributed by atoms with Gasteiger partial charge in [0.2, 0.25) is 12.7 Å². The molecule has 1 N–H and O–H groups in total. The van der Waals surface area contributed by atoms with Crippen LogP contribution in [-0.4, -0.2) is 33.2 Å². The minimum atomic E-state index is -0.101. The van der Waals surface area contributed by atoms with E-state index in [1.807, 2.05) is 66.1 Å². The van der Waals surface area contributed by atoms with Crippen molar-refractivity contribution in [2.75, 3.05) is 12.5 Å². The molecule has 0 radical (unpaired) electrons. The maximum absolute atomic E-state index is 12.5. The van der Waals surface area contributed by atoms with Crippen molar-refractivity contribution < 1.29 is 18.7 Å². The molecule has 9 heteroatoms. The average molecular weight is 449 g/mol. The zero-order valence-electron chi connectivity index (χ0n) is 17.3. The predicted octanol–water partition coefficient (Wildman–Crippen LogP) is 3.97. The van der Waals surface area contributed by atoms with Crippen molar-refractivity contribution in [3.8, 4) is 28.6 Å². The summed E-state index contributed by atoms with van der Waals surface area (Å²) in [5, 5.41) is 12.3. The number of aryl methyl sites for hydroxylation is 1. The number of hydrogen-bond acceptors (Lipinski definition) is 7. The van der Waals surface area contributed by atoms with Crippen molar-refractivity contribution in [2.24, 2.45) is 0 Å². The normalized spacial score (nSPS) is 12.2. The van der Waals surface area contributed by atoms with Crippen LogP contribution in [0.4, 0.5) is 0 Å². The molecule has 0 bridgehead atoms. The maximum Gasteiger partial charge on any atom is 0.231 e. The van der Waals surface area contributed by atoms with Gasteiger partial charge in [-0.2, -0.15) is 0 Å². The first-order chi connectivity index (χ1) is 15.7. The van der Waals surface area contributed by atoms with Crippen LogP contribution in [0.15, 0.2) is 70.4 Å². The lowest BCUT2D eigenvalue weighted by Gasteiger charge is -2.10. The molecule has 0 saturated heterocycles. The van der Waals surface area contributed by atoms with Crippen molar-refractivity contribution >= 4 is 17.7 Å². The number of hydrogen-bond donors (Lipinski definition) is 1. The highest BCUT2D eigenvalue weighted by molar-refractivity contribution is 7.99. The number of ether oxygens (including phenoxy) is 2. The van der Waals surface area contributed by atoms with E-state index in [-0.39, 0.29) is 18.5 Å². The van der Waals surface area contributed by atoms with E-state index >= 15 is 0 Å². The fraction of sp³-hybridized carbons (Fsp3) is 0.174. The zero-order valence-corrected chi connectivity index (χ0v) is 18.1.